The normalized spacial score (nSPS) is 12.1. The summed E-state index contributed by atoms with van der Waals surface area (Å²) in [7, 11) is 1.18. The van der Waals surface area contributed by atoms with E-state index in [4.69, 9.17) is 21.1 Å². The van der Waals surface area contributed by atoms with Gasteiger partial charge in [-0.25, -0.2) is 23.8 Å². The maximum Gasteiger partial charge on any atom is 0.435 e. The maximum absolute atomic E-state index is 13.6. The second-order valence-electron chi connectivity index (χ2n) is 8.94. The van der Waals surface area contributed by atoms with Crippen LogP contribution in [-0.2, 0) is 10.9 Å². The van der Waals surface area contributed by atoms with Crippen LogP contribution < -0.4 is 10.1 Å². The molecule has 1 unspecified atom stereocenters. The third kappa shape index (κ3) is 6.54. The molecular weight excluding hydrogens is 594 g/mol. The molecule has 15 heteroatoms. The Hall–Kier alpha value is -5.11. The van der Waals surface area contributed by atoms with Crippen molar-refractivity contribution in [1.82, 2.24) is 29.7 Å². The van der Waals surface area contributed by atoms with Crippen LogP contribution >= 0.6 is 11.6 Å². The van der Waals surface area contributed by atoms with Crippen molar-refractivity contribution in [2.24, 2.45) is 0 Å². The molecule has 5 rings (SSSR count). The van der Waals surface area contributed by atoms with Gasteiger partial charge in [0.1, 0.15) is 17.5 Å². The molecular formula is C28H20ClF4N7O3. The van der Waals surface area contributed by atoms with Gasteiger partial charge in [-0.15, -0.1) is 0 Å². The van der Waals surface area contributed by atoms with E-state index in [1.165, 1.54) is 37.7 Å². The molecule has 0 amide bonds. The number of benzene rings is 1. The van der Waals surface area contributed by atoms with Gasteiger partial charge in [0.15, 0.2) is 11.5 Å². The molecule has 220 valence electrons. The van der Waals surface area contributed by atoms with Crippen LogP contribution in [0.5, 0.6) is 5.88 Å². The molecule has 0 saturated heterocycles. The number of aromatic nitrogens is 6. The molecule has 0 aliphatic rings. The zero-order chi connectivity index (χ0) is 30.7. The lowest BCUT2D eigenvalue weighted by Gasteiger charge is -2.17. The second-order valence-corrected chi connectivity index (χ2v) is 9.34. The minimum atomic E-state index is -4.71. The molecule has 0 fully saturated rings. The van der Waals surface area contributed by atoms with Crippen molar-refractivity contribution in [2.75, 3.05) is 12.4 Å². The van der Waals surface area contributed by atoms with Crippen molar-refractivity contribution >= 4 is 29.2 Å². The fraction of sp³-hybridized carbons (Fsp3) is 0.143. The van der Waals surface area contributed by atoms with Crippen molar-refractivity contribution in [2.45, 2.75) is 19.2 Å². The highest BCUT2D eigenvalue weighted by Crippen LogP contribution is 2.33. The second kappa shape index (κ2) is 12.0. The molecule has 0 aliphatic heterocycles. The first kappa shape index (κ1) is 29.4. The Labute approximate surface area is 246 Å². The number of carbonyl (C=O) groups is 1. The van der Waals surface area contributed by atoms with Crippen LogP contribution in [0, 0.1) is 5.82 Å². The summed E-state index contributed by atoms with van der Waals surface area (Å²) in [5.74, 6) is -1.58. The minimum Gasteiger partial charge on any atom is -0.469 e. The number of halogens is 5. The van der Waals surface area contributed by atoms with Gasteiger partial charge in [-0.1, -0.05) is 11.6 Å². The minimum absolute atomic E-state index is 0.0349. The quantitative estimate of drug-likeness (QED) is 0.153. The van der Waals surface area contributed by atoms with Crippen LogP contribution in [0.15, 0.2) is 73.4 Å². The van der Waals surface area contributed by atoms with Gasteiger partial charge >= 0.3 is 12.1 Å². The summed E-state index contributed by atoms with van der Waals surface area (Å²) in [6, 6.07) is 9.48. The summed E-state index contributed by atoms with van der Waals surface area (Å²) >= 11 is 5.86. The molecule has 5 aromatic rings. The Kier molecular flexibility index (Phi) is 8.21. The van der Waals surface area contributed by atoms with E-state index in [2.05, 4.69) is 30.4 Å². The first-order chi connectivity index (χ1) is 20.5. The van der Waals surface area contributed by atoms with Crippen molar-refractivity contribution < 1.29 is 31.8 Å². The third-order valence-electron chi connectivity index (χ3n) is 6.07. The Balaban J connectivity index is 1.58. The van der Waals surface area contributed by atoms with E-state index in [1.807, 2.05) is 0 Å². The van der Waals surface area contributed by atoms with E-state index in [1.54, 1.807) is 31.5 Å². The number of methoxy groups -OCH3 is 1. The van der Waals surface area contributed by atoms with Gasteiger partial charge in [0.2, 0.25) is 11.8 Å². The fourth-order valence-electron chi connectivity index (χ4n) is 3.93. The average Bonchev–Trinajstić information content (AvgIpc) is 3.51. The topological polar surface area (TPSA) is 117 Å². The molecule has 4 aromatic heterocycles. The maximum atomic E-state index is 13.6. The molecule has 0 saturated carbocycles. The molecule has 1 N–H and O–H groups in total. The van der Waals surface area contributed by atoms with Gasteiger partial charge in [0, 0.05) is 47.8 Å². The van der Waals surface area contributed by atoms with Crippen LogP contribution in [0.3, 0.4) is 0 Å². The van der Waals surface area contributed by atoms with Gasteiger partial charge in [-0.2, -0.15) is 23.3 Å². The lowest BCUT2D eigenvalue weighted by Crippen LogP contribution is -2.12. The lowest BCUT2D eigenvalue weighted by atomic mass is 10.1. The fourth-order valence-corrected chi connectivity index (χ4v) is 4.11. The Morgan fingerprint density at radius 2 is 1.84 bits per heavy atom. The number of rotatable bonds is 8. The molecule has 0 spiro atoms. The zero-order valence-electron chi connectivity index (χ0n) is 22.3. The summed E-state index contributed by atoms with van der Waals surface area (Å²) in [5.41, 5.74) is 0.314. The molecule has 4 heterocycles. The molecule has 1 atom stereocenters. The van der Waals surface area contributed by atoms with Crippen LogP contribution in [0.1, 0.15) is 34.6 Å². The van der Waals surface area contributed by atoms with Crippen molar-refractivity contribution in [3.05, 3.63) is 101 Å². The standard InChI is InChI=1S/C28H20ClF4N7O3/c1-15(16-5-8-34-9-6-16)43-25-19(26(41)42-2)11-17(13-35-25)20-14-36-27(37-18-3-4-22(30)21(29)12-18)38-24(20)40-10-7-23(39-40)28(31,32)33/h3-15H,1-2H3,(H,36,37,38). The average molecular weight is 614 g/mol. The van der Waals surface area contributed by atoms with E-state index in [0.717, 1.165) is 28.6 Å². The number of nitrogens with one attached hydrogen (secondary N) is 1. The highest BCUT2D eigenvalue weighted by molar-refractivity contribution is 6.31. The number of hydrogen-bond donors (Lipinski definition) is 1. The number of anilines is 2. The van der Waals surface area contributed by atoms with E-state index in [0.29, 0.717) is 5.69 Å². The van der Waals surface area contributed by atoms with Gasteiger partial charge in [0.25, 0.3) is 0 Å². The van der Waals surface area contributed by atoms with Crippen LogP contribution in [0.2, 0.25) is 5.02 Å². The van der Waals surface area contributed by atoms with Gasteiger partial charge in [-0.3, -0.25) is 4.98 Å². The van der Waals surface area contributed by atoms with E-state index < -0.39 is 29.8 Å². The smallest absolute Gasteiger partial charge is 0.435 e. The lowest BCUT2D eigenvalue weighted by molar-refractivity contribution is -0.141. The van der Waals surface area contributed by atoms with Crippen molar-refractivity contribution in [1.29, 1.82) is 0 Å². The number of ether oxygens (including phenoxy) is 2. The van der Waals surface area contributed by atoms with Crippen molar-refractivity contribution in [3.63, 3.8) is 0 Å². The summed E-state index contributed by atoms with van der Waals surface area (Å²) < 4.78 is 65.6. The van der Waals surface area contributed by atoms with E-state index in [-0.39, 0.29) is 39.4 Å². The molecule has 0 radical (unpaired) electrons. The van der Waals surface area contributed by atoms with E-state index in [9.17, 15) is 22.4 Å². The van der Waals surface area contributed by atoms with Gasteiger partial charge in [-0.05, 0) is 55.0 Å². The van der Waals surface area contributed by atoms with Gasteiger partial charge in [0.05, 0.1) is 12.1 Å². The van der Waals surface area contributed by atoms with E-state index >= 15 is 0 Å². The highest BCUT2D eigenvalue weighted by atomic mass is 35.5. The number of hydrogen-bond acceptors (Lipinski definition) is 9. The first-order valence-electron chi connectivity index (χ1n) is 12.4. The number of alkyl halides is 3. The molecule has 1 aromatic carbocycles. The number of nitrogens with zero attached hydrogens (tertiary/aromatic N) is 6. The van der Waals surface area contributed by atoms with Crippen molar-refractivity contribution in [3.8, 4) is 22.8 Å². The van der Waals surface area contributed by atoms with Gasteiger partial charge < -0.3 is 14.8 Å². The van der Waals surface area contributed by atoms with Crippen LogP contribution in [0.4, 0.5) is 29.2 Å². The predicted octanol–water partition coefficient (Wildman–Crippen LogP) is 6.60. The molecule has 10 nitrogen and oxygen atoms in total. The first-order valence-corrected chi connectivity index (χ1v) is 12.8. The highest BCUT2D eigenvalue weighted by Gasteiger charge is 2.34. The summed E-state index contributed by atoms with van der Waals surface area (Å²) in [5, 5.41) is 6.31. The third-order valence-corrected chi connectivity index (χ3v) is 6.36. The Morgan fingerprint density at radius 3 is 2.51 bits per heavy atom. The molecule has 43 heavy (non-hydrogen) atoms. The Bertz CT molecular complexity index is 1780. The predicted molar refractivity (Wildman–Crippen MR) is 147 cm³/mol. The monoisotopic (exact) mass is 613 g/mol. The molecule has 0 bridgehead atoms. The largest absolute Gasteiger partial charge is 0.469 e. The zero-order valence-corrected chi connectivity index (χ0v) is 23.1. The van der Waals surface area contributed by atoms with Crippen LogP contribution in [0.25, 0.3) is 16.9 Å². The number of pyridine rings is 2. The summed E-state index contributed by atoms with van der Waals surface area (Å²) in [4.78, 5) is 29.6. The Morgan fingerprint density at radius 1 is 1.07 bits per heavy atom. The number of carbonyl (C=O) groups excluding carboxylic acids is 1. The number of esters is 1. The van der Waals surface area contributed by atoms with Crippen LogP contribution in [-0.4, -0.2) is 42.8 Å². The molecule has 0 aliphatic carbocycles. The summed E-state index contributed by atoms with van der Waals surface area (Å²) in [6.07, 6.45) is 1.70. The SMILES string of the molecule is COC(=O)c1cc(-c2cnc(Nc3ccc(F)c(Cl)c3)nc2-n2ccc(C(F)(F)F)n2)cnc1OC(C)c1ccncc1. The summed E-state index contributed by atoms with van der Waals surface area (Å²) in [6.45, 7) is 1.76.